The average Bonchev–Trinajstić information content (AvgIpc) is 2.95. The van der Waals surface area contributed by atoms with Crippen molar-refractivity contribution in [2.24, 2.45) is 5.10 Å². The van der Waals surface area contributed by atoms with Gasteiger partial charge in [-0.15, -0.1) is 11.3 Å². The Hall–Kier alpha value is -1.89. The van der Waals surface area contributed by atoms with E-state index in [0.29, 0.717) is 26.3 Å². The quantitative estimate of drug-likeness (QED) is 0.490. The van der Waals surface area contributed by atoms with Gasteiger partial charge in [-0.25, -0.2) is 5.43 Å². The summed E-state index contributed by atoms with van der Waals surface area (Å²) >= 11 is 13.1. The number of carbonyl (C=O) groups is 2. The van der Waals surface area contributed by atoms with Crippen molar-refractivity contribution >= 4 is 57.8 Å². The highest BCUT2D eigenvalue weighted by Gasteiger charge is 2.15. The summed E-state index contributed by atoms with van der Waals surface area (Å²) in [5.41, 5.74) is 3.93. The van der Waals surface area contributed by atoms with Crippen LogP contribution in [-0.2, 0) is 9.59 Å². The minimum Gasteiger partial charge on any atom is -0.317 e. The fraction of sp³-hybridized carbons (Fsp3) is 0.133. The Kier molecular flexibility index (Phi) is 5.76. The first kappa shape index (κ1) is 17.5. The molecule has 0 radical (unpaired) electrons. The number of nitrogens with zero attached hydrogens (tertiary/aromatic N) is 1. The first-order valence-electron chi connectivity index (χ1n) is 6.55. The van der Waals surface area contributed by atoms with Crippen LogP contribution in [0.1, 0.15) is 17.4 Å². The van der Waals surface area contributed by atoms with Crippen molar-refractivity contribution in [2.75, 3.05) is 5.32 Å². The second kappa shape index (κ2) is 7.59. The van der Waals surface area contributed by atoms with Gasteiger partial charge in [-0.1, -0.05) is 29.3 Å². The van der Waals surface area contributed by atoms with Crippen molar-refractivity contribution in [2.45, 2.75) is 13.8 Å². The maximum Gasteiger partial charge on any atom is 0.329 e. The number of rotatable bonds is 3. The van der Waals surface area contributed by atoms with Crippen molar-refractivity contribution < 1.29 is 9.59 Å². The Balaban J connectivity index is 2.00. The molecule has 2 amide bonds. The third kappa shape index (κ3) is 4.54. The molecular weight excluding hydrogens is 357 g/mol. The van der Waals surface area contributed by atoms with Crippen LogP contribution >= 0.6 is 34.5 Å². The van der Waals surface area contributed by atoms with Crippen molar-refractivity contribution in [3.63, 3.8) is 0 Å². The molecule has 2 aromatic rings. The predicted molar refractivity (Wildman–Crippen MR) is 94.5 cm³/mol. The maximum absolute atomic E-state index is 11.9. The molecule has 2 N–H and O–H groups in total. The molecule has 0 aliphatic carbocycles. The largest absolute Gasteiger partial charge is 0.329 e. The molecule has 0 aliphatic heterocycles. The van der Waals surface area contributed by atoms with E-state index in [1.165, 1.54) is 11.3 Å². The molecule has 2 rings (SSSR count). The van der Waals surface area contributed by atoms with Crippen LogP contribution in [0.5, 0.6) is 0 Å². The van der Waals surface area contributed by atoms with E-state index in [9.17, 15) is 9.59 Å². The lowest BCUT2D eigenvalue weighted by Gasteiger charge is -2.08. The first-order chi connectivity index (χ1) is 10.9. The van der Waals surface area contributed by atoms with Crippen LogP contribution in [0, 0.1) is 6.92 Å². The second-order valence-corrected chi connectivity index (χ2v) is 6.73. The molecule has 0 bridgehead atoms. The Labute approximate surface area is 147 Å². The van der Waals surface area contributed by atoms with Crippen LogP contribution in [0.3, 0.4) is 0 Å². The fourth-order valence-electron chi connectivity index (χ4n) is 1.67. The minimum absolute atomic E-state index is 0.475. The van der Waals surface area contributed by atoms with E-state index in [4.69, 9.17) is 23.2 Å². The molecule has 0 aliphatic rings. The zero-order chi connectivity index (χ0) is 17.0. The summed E-state index contributed by atoms with van der Waals surface area (Å²) in [4.78, 5) is 24.5. The summed E-state index contributed by atoms with van der Waals surface area (Å²) in [6.07, 6.45) is 0. The first-order valence-corrected chi connectivity index (χ1v) is 8.12. The molecular formula is C15H13Cl2N3O2S. The molecule has 8 heteroatoms. The number of benzene rings is 1. The summed E-state index contributed by atoms with van der Waals surface area (Å²) in [5, 5.41) is 6.89. The molecule has 5 nitrogen and oxygen atoms in total. The molecule has 23 heavy (non-hydrogen) atoms. The van der Waals surface area contributed by atoms with E-state index in [2.05, 4.69) is 15.8 Å². The number of anilines is 1. The highest BCUT2D eigenvalue weighted by Crippen LogP contribution is 2.23. The number of thiophene rings is 1. The molecule has 1 aromatic heterocycles. The Bertz CT molecular complexity index is 787. The number of hydrogen-bond donors (Lipinski definition) is 2. The van der Waals surface area contributed by atoms with Gasteiger partial charge in [0.2, 0.25) is 0 Å². The summed E-state index contributed by atoms with van der Waals surface area (Å²) in [5.74, 6) is -1.69. The van der Waals surface area contributed by atoms with Crippen molar-refractivity contribution in [3.05, 3.63) is 50.1 Å². The van der Waals surface area contributed by atoms with Gasteiger partial charge >= 0.3 is 11.8 Å². The summed E-state index contributed by atoms with van der Waals surface area (Å²) in [6, 6.07) is 8.57. The number of nitrogens with one attached hydrogen (secondary N) is 2. The summed E-state index contributed by atoms with van der Waals surface area (Å²) in [6.45, 7) is 3.46. The molecule has 1 heterocycles. The van der Waals surface area contributed by atoms with Gasteiger partial charge in [0.15, 0.2) is 0 Å². The van der Waals surface area contributed by atoms with E-state index >= 15 is 0 Å². The van der Waals surface area contributed by atoms with E-state index < -0.39 is 11.8 Å². The van der Waals surface area contributed by atoms with Crippen molar-refractivity contribution in [3.8, 4) is 0 Å². The standard InChI is InChI=1S/C15H13Cl2N3O2S/c1-8-10(16)4-3-5-11(8)18-14(21)15(22)20-19-9(2)12-6-7-13(17)23-12/h3-7H,1-2H3,(H,18,21)(H,20,22)/b19-9+. The molecule has 120 valence electrons. The van der Waals surface area contributed by atoms with Gasteiger partial charge in [-0.3, -0.25) is 9.59 Å². The van der Waals surface area contributed by atoms with Crippen LogP contribution in [-0.4, -0.2) is 17.5 Å². The van der Waals surface area contributed by atoms with E-state index in [1.807, 2.05) is 0 Å². The van der Waals surface area contributed by atoms with Gasteiger partial charge in [0, 0.05) is 10.7 Å². The van der Waals surface area contributed by atoms with Gasteiger partial charge in [0.1, 0.15) is 0 Å². The second-order valence-electron chi connectivity index (χ2n) is 4.61. The van der Waals surface area contributed by atoms with Crippen molar-refractivity contribution in [1.29, 1.82) is 0 Å². The molecule has 0 atom stereocenters. The Morgan fingerprint density at radius 3 is 2.52 bits per heavy atom. The lowest BCUT2D eigenvalue weighted by molar-refractivity contribution is -0.136. The molecule has 0 saturated heterocycles. The highest BCUT2D eigenvalue weighted by atomic mass is 35.5. The SMILES string of the molecule is C/C(=N\NC(=O)C(=O)Nc1cccc(Cl)c1C)c1ccc(Cl)s1. The van der Waals surface area contributed by atoms with Crippen LogP contribution in [0.25, 0.3) is 0 Å². The smallest absolute Gasteiger partial charge is 0.317 e. The lowest BCUT2D eigenvalue weighted by atomic mass is 10.2. The third-order valence-electron chi connectivity index (χ3n) is 2.98. The number of hydrogen-bond acceptors (Lipinski definition) is 4. The topological polar surface area (TPSA) is 70.6 Å². The Morgan fingerprint density at radius 2 is 1.87 bits per heavy atom. The van der Waals surface area contributed by atoms with Gasteiger partial charge < -0.3 is 5.32 Å². The maximum atomic E-state index is 11.9. The van der Waals surface area contributed by atoms with E-state index in [-0.39, 0.29) is 0 Å². The molecule has 1 aromatic carbocycles. The average molecular weight is 370 g/mol. The van der Waals surface area contributed by atoms with Crippen molar-refractivity contribution in [1.82, 2.24) is 5.43 Å². The fourth-order valence-corrected chi connectivity index (χ4v) is 2.83. The number of amides is 2. The van der Waals surface area contributed by atoms with Crippen LogP contribution in [0.2, 0.25) is 9.36 Å². The van der Waals surface area contributed by atoms with Gasteiger partial charge in [-0.05, 0) is 43.7 Å². The Morgan fingerprint density at radius 1 is 1.13 bits per heavy atom. The molecule has 0 unspecified atom stereocenters. The lowest BCUT2D eigenvalue weighted by Crippen LogP contribution is -2.33. The normalized spacial score (nSPS) is 11.2. The summed E-state index contributed by atoms with van der Waals surface area (Å²) in [7, 11) is 0. The zero-order valence-corrected chi connectivity index (χ0v) is 14.6. The van der Waals surface area contributed by atoms with E-state index in [1.54, 1.807) is 44.2 Å². The zero-order valence-electron chi connectivity index (χ0n) is 12.3. The van der Waals surface area contributed by atoms with Crippen LogP contribution < -0.4 is 10.7 Å². The third-order valence-corrected chi connectivity index (χ3v) is 4.73. The number of halogens is 2. The predicted octanol–water partition coefficient (Wildman–Crippen LogP) is 3.84. The monoisotopic (exact) mass is 369 g/mol. The molecule has 0 saturated carbocycles. The van der Waals surface area contributed by atoms with Crippen LogP contribution in [0.15, 0.2) is 35.4 Å². The number of hydrazone groups is 1. The van der Waals surface area contributed by atoms with Crippen LogP contribution in [0.4, 0.5) is 5.69 Å². The molecule has 0 fully saturated rings. The van der Waals surface area contributed by atoms with Gasteiger partial charge in [-0.2, -0.15) is 5.10 Å². The van der Waals surface area contributed by atoms with Gasteiger partial charge in [0.25, 0.3) is 0 Å². The minimum atomic E-state index is -0.869. The van der Waals surface area contributed by atoms with E-state index in [0.717, 1.165) is 4.88 Å². The molecule has 0 spiro atoms. The highest BCUT2D eigenvalue weighted by molar-refractivity contribution is 7.18. The van der Waals surface area contributed by atoms with Gasteiger partial charge in [0.05, 0.1) is 14.9 Å². The number of carbonyl (C=O) groups excluding carboxylic acids is 2. The summed E-state index contributed by atoms with van der Waals surface area (Å²) < 4.78 is 0.620.